The van der Waals surface area contributed by atoms with Gasteiger partial charge in [-0.25, -0.2) is 4.39 Å². The van der Waals surface area contributed by atoms with Gasteiger partial charge in [0, 0.05) is 28.7 Å². The third-order valence-electron chi connectivity index (χ3n) is 3.57. The molecule has 1 aliphatic rings. The maximum atomic E-state index is 13.1. The Balaban J connectivity index is 1.80. The lowest BCUT2D eigenvalue weighted by molar-refractivity contribution is 0.137. The number of ether oxygens (including phenoxy) is 1. The van der Waals surface area contributed by atoms with E-state index in [0.717, 1.165) is 27.9 Å². The third-order valence-corrected chi connectivity index (χ3v) is 4.23. The summed E-state index contributed by atoms with van der Waals surface area (Å²) in [5.41, 5.74) is 3.09. The molecule has 1 N–H and O–H groups in total. The Morgan fingerprint density at radius 1 is 1.29 bits per heavy atom. The predicted molar refractivity (Wildman–Crippen MR) is 86.3 cm³/mol. The minimum Gasteiger partial charge on any atom is -0.487 e. The topological polar surface area (TPSA) is 21.3 Å². The molecule has 0 radical (unpaired) electrons. The number of benzene rings is 2. The summed E-state index contributed by atoms with van der Waals surface area (Å²) in [6.45, 7) is 4.84. The van der Waals surface area contributed by atoms with E-state index in [4.69, 9.17) is 4.74 Å². The van der Waals surface area contributed by atoms with Crippen molar-refractivity contribution in [1.82, 2.24) is 0 Å². The molecule has 0 amide bonds. The SMILES string of the molecule is CC1(C)Cc2cccc(CNc3ccc(F)cc3Br)c2O1. The number of para-hydroxylation sites is 1. The van der Waals surface area contributed by atoms with E-state index in [1.165, 1.54) is 17.7 Å². The van der Waals surface area contributed by atoms with Crippen LogP contribution < -0.4 is 10.1 Å². The van der Waals surface area contributed by atoms with E-state index in [2.05, 4.69) is 53.3 Å². The van der Waals surface area contributed by atoms with Gasteiger partial charge in [-0.15, -0.1) is 0 Å². The first kappa shape index (κ1) is 14.4. The minimum absolute atomic E-state index is 0.144. The van der Waals surface area contributed by atoms with Gasteiger partial charge >= 0.3 is 0 Å². The molecule has 0 saturated carbocycles. The van der Waals surface area contributed by atoms with Crippen LogP contribution in [0.1, 0.15) is 25.0 Å². The number of hydrogen-bond donors (Lipinski definition) is 1. The molecule has 4 heteroatoms. The highest BCUT2D eigenvalue weighted by Crippen LogP contribution is 2.38. The average molecular weight is 350 g/mol. The smallest absolute Gasteiger partial charge is 0.128 e. The highest BCUT2D eigenvalue weighted by molar-refractivity contribution is 9.10. The fourth-order valence-electron chi connectivity index (χ4n) is 2.64. The molecule has 0 aromatic heterocycles. The summed E-state index contributed by atoms with van der Waals surface area (Å²) in [4.78, 5) is 0. The summed E-state index contributed by atoms with van der Waals surface area (Å²) < 4.78 is 19.9. The Kier molecular flexibility index (Phi) is 3.66. The molecule has 0 unspecified atom stereocenters. The van der Waals surface area contributed by atoms with Gasteiger partial charge in [0.2, 0.25) is 0 Å². The molecule has 0 saturated heterocycles. The van der Waals surface area contributed by atoms with Crippen LogP contribution in [0.2, 0.25) is 0 Å². The summed E-state index contributed by atoms with van der Waals surface area (Å²) in [5, 5.41) is 3.32. The van der Waals surface area contributed by atoms with Crippen molar-refractivity contribution in [3.8, 4) is 5.75 Å². The number of fused-ring (bicyclic) bond motifs is 1. The molecule has 2 aromatic rings. The normalized spacial score (nSPS) is 15.4. The van der Waals surface area contributed by atoms with E-state index in [1.807, 2.05) is 0 Å². The van der Waals surface area contributed by atoms with E-state index in [1.54, 1.807) is 6.07 Å². The Morgan fingerprint density at radius 3 is 2.86 bits per heavy atom. The summed E-state index contributed by atoms with van der Waals surface area (Å²) >= 11 is 3.37. The van der Waals surface area contributed by atoms with Crippen LogP contribution in [0, 0.1) is 5.82 Å². The Hall–Kier alpha value is -1.55. The number of rotatable bonds is 3. The second kappa shape index (κ2) is 5.34. The zero-order valence-corrected chi connectivity index (χ0v) is 13.6. The van der Waals surface area contributed by atoms with Crippen LogP contribution in [0.3, 0.4) is 0 Å². The molecule has 0 bridgehead atoms. The van der Waals surface area contributed by atoms with Gasteiger partial charge in [0.25, 0.3) is 0 Å². The van der Waals surface area contributed by atoms with E-state index >= 15 is 0 Å². The average Bonchev–Trinajstić information content (AvgIpc) is 2.72. The van der Waals surface area contributed by atoms with Crippen LogP contribution >= 0.6 is 15.9 Å². The lowest BCUT2D eigenvalue weighted by Crippen LogP contribution is -2.25. The van der Waals surface area contributed by atoms with Crippen molar-refractivity contribution in [3.05, 3.63) is 57.8 Å². The zero-order chi connectivity index (χ0) is 15.0. The van der Waals surface area contributed by atoms with Crippen LogP contribution in [-0.4, -0.2) is 5.60 Å². The quantitative estimate of drug-likeness (QED) is 0.849. The molecular weight excluding hydrogens is 333 g/mol. The monoisotopic (exact) mass is 349 g/mol. The number of anilines is 1. The Bertz CT molecular complexity index is 684. The van der Waals surface area contributed by atoms with Gasteiger partial charge in [0.05, 0.1) is 0 Å². The van der Waals surface area contributed by atoms with Crippen molar-refractivity contribution < 1.29 is 9.13 Å². The molecule has 0 fully saturated rings. The van der Waals surface area contributed by atoms with E-state index < -0.39 is 0 Å². The number of halogens is 2. The van der Waals surface area contributed by atoms with E-state index in [0.29, 0.717) is 6.54 Å². The molecule has 110 valence electrons. The fourth-order valence-corrected chi connectivity index (χ4v) is 3.13. The summed E-state index contributed by atoms with van der Waals surface area (Å²) in [5.74, 6) is 0.728. The zero-order valence-electron chi connectivity index (χ0n) is 12.0. The van der Waals surface area contributed by atoms with Crippen LogP contribution in [-0.2, 0) is 13.0 Å². The lowest BCUT2D eigenvalue weighted by Gasteiger charge is -2.18. The lowest BCUT2D eigenvalue weighted by atomic mass is 10.0. The minimum atomic E-state index is -0.252. The van der Waals surface area contributed by atoms with Crippen LogP contribution in [0.15, 0.2) is 40.9 Å². The van der Waals surface area contributed by atoms with E-state index in [-0.39, 0.29) is 11.4 Å². The fraction of sp³-hybridized carbons (Fsp3) is 0.294. The van der Waals surface area contributed by atoms with Gasteiger partial charge in [-0.05, 0) is 53.5 Å². The number of nitrogens with one attached hydrogen (secondary N) is 1. The van der Waals surface area contributed by atoms with Crippen molar-refractivity contribution in [2.75, 3.05) is 5.32 Å². The van der Waals surface area contributed by atoms with Crippen molar-refractivity contribution in [2.24, 2.45) is 0 Å². The molecule has 1 aliphatic heterocycles. The van der Waals surface area contributed by atoms with Crippen molar-refractivity contribution >= 4 is 21.6 Å². The maximum Gasteiger partial charge on any atom is 0.128 e. The Morgan fingerprint density at radius 2 is 2.10 bits per heavy atom. The molecule has 21 heavy (non-hydrogen) atoms. The van der Waals surface area contributed by atoms with Crippen molar-refractivity contribution in [2.45, 2.75) is 32.4 Å². The molecular formula is C17H17BrFNO. The van der Waals surface area contributed by atoms with Crippen molar-refractivity contribution in [3.63, 3.8) is 0 Å². The van der Waals surface area contributed by atoms with Crippen LogP contribution in [0.25, 0.3) is 0 Å². The largest absolute Gasteiger partial charge is 0.487 e. The first-order chi connectivity index (χ1) is 9.94. The van der Waals surface area contributed by atoms with Crippen molar-refractivity contribution in [1.29, 1.82) is 0 Å². The molecule has 2 nitrogen and oxygen atoms in total. The Labute approximate surface area is 132 Å². The summed E-state index contributed by atoms with van der Waals surface area (Å²) in [6, 6.07) is 10.9. The first-order valence-corrected chi connectivity index (χ1v) is 7.73. The summed E-state index contributed by atoms with van der Waals surface area (Å²) in [6.07, 6.45) is 0.927. The number of hydrogen-bond acceptors (Lipinski definition) is 2. The molecule has 3 rings (SSSR count). The van der Waals surface area contributed by atoms with Crippen LogP contribution in [0.5, 0.6) is 5.75 Å². The third kappa shape index (κ3) is 3.05. The maximum absolute atomic E-state index is 13.1. The standard InChI is InChI=1S/C17H17BrFNO/c1-17(2)9-11-4-3-5-12(16(11)21-17)10-20-15-7-6-13(19)8-14(15)18/h3-8,20H,9-10H2,1-2H3. The molecule has 0 atom stereocenters. The van der Waals surface area contributed by atoms with Gasteiger partial charge in [0.1, 0.15) is 17.2 Å². The van der Waals surface area contributed by atoms with Gasteiger partial charge in [0.15, 0.2) is 0 Å². The highest BCUT2D eigenvalue weighted by atomic mass is 79.9. The molecule has 2 aromatic carbocycles. The van der Waals surface area contributed by atoms with Crippen LogP contribution in [0.4, 0.5) is 10.1 Å². The second-order valence-electron chi connectivity index (χ2n) is 5.92. The second-order valence-corrected chi connectivity index (χ2v) is 6.78. The molecule has 1 heterocycles. The molecule has 0 aliphatic carbocycles. The van der Waals surface area contributed by atoms with Gasteiger partial charge in [-0.3, -0.25) is 0 Å². The highest BCUT2D eigenvalue weighted by Gasteiger charge is 2.31. The molecule has 0 spiro atoms. The van der Waals surface area contributed by atoms with Gasteiger partial charge < -0.3 is 10.1 Å². The first-order valence-electron chi connectivity index (χ1n) is 6.93. The van der Waals surface area contributed by atoms with E-state index in [9.17, 15) is 4.39 Å². The predicted octanol–water partition coefficient (Wildman–Crippen LogP) is 4.91. The van der Waals surface area contributed by atoms with Gasteiger partial charge in [-0.2, -0.15) is 0 Å². The summed E-state index contributed by atoms with van der Waals surface area (Å²) in [7, 11) is 0. The van der Waals surface area contributed by atoms with Gasteiger partial charge in [-0.1, -0.05) is 18.2 Å².